The second kappa shape index (κ2) is 9.19. The third kappa shape index (κ3) is 4.86. The third-order valence-electron chi connectivity index (χ3n) is 4.83. The molecule has 0 bridgehead atoms. The average molecular weight is 373 g/mol. The molecule has 0 aliphatic carbocycles. The fraction of sp³-hybridized carbons (Fsp3) is 0.381. The Kier molecular flexibility index (Phi) is 6.69. The van der Waals surface area contributed by atoms with E-state index >= 15 is 0 Å². The molecule has 1 aliphatic rings. The van der Waals surface area contributed by atoms with Crippen LogP contribution in [-0.2, 0) is 0 Å². The summed E-state index contributed by atoms with van der Waals surface area (Å²) in [5.41, 5.74) is 0.763. The first-order valence-corrected chi connectivity index (χ1v) is 9.94. The molecule has 0 atom stereocenters. The minimum Gasteiger partial charge on any atom is -0.497 e. The molecule has 0 unspecified atom stereocenters. The first kappa shape index (κ1) is 18.9. The minimum absolute atomic E-state index is 0.0962. The number of thioether (sulfide) groups is 1. The number of Topliss-reactive ketones (excluding diaryl/α,β-unsaturated/α-hetero) is 1. The Balaban J connectivity index is 1.43. The van der Waals surface area contributed by atoms with E-state index in [2.05, 4.69) is 4.90 Å². The van der Waals surface area contributed by atoms with Crippen LogP contribution in [0.4, 0.5) is 4.39 Å². The monoisotopic (exact) mass is 373 g/mol. The SMILES string of the molecule is COc1ccc(C(=O)C2CCN(CCSc3ccccc3F)CC2)cc1. The number of benzene rings is 2. The highest BCUT2D eigenvalue weighted by atomic mass is 32.2. The average Bonchev–Trinajstić information content (AvgIpc) is 2.69. The molecule has 0 N–H and O–H groups in total. The third-order valence-corrected chi connectivity index (χ3v) is 5.86. The zero-order chi connectivity index (χ0) is 18.4. The first-order valence-electron chi connectivity index (χ1n) is 8.95. The van der Waals surface area contributed by atoms with Crippen molar-refractivity contribution in [3.05, 3.63) is 59.9 Å². The van der Waals surface area contributed by atoms with Crippen molar-refractivity contribution in [3.63, 3.8) is 0 Å². The molecule has 0 saturated carbocycles. The van der Waals surface area contributed by atoms with Gasteiger partial charge in [0.15, 0.2) is 5.78 Å². The number of hydrogen-bond donors (Lipinski definition) is 0. The van der Waals surface area contributed by atoms with E-state index in [1.165, 1.54) is 6.07 Å². The van der Waals surface area contributed by atoms with Gasteiger partial charge in [0.25, 0.3) is 0 Å². The summed E-state index contributed by atoms with van der Waals surface area (Å²) in [4.78, 5) is 15.7. The number of hydrogen-bond acceptors (Lipinski definition) is 4. The van der Waals surface area contributed by atoms with Gasteiger partial charge in [-0.3, -0.25) is 4.79 Å². The van der Waals surface area contributed by atoms with E-state index in [4.69, 9.17) is 4.74 Å². The molecule has 2 aromatic rings. The lowest BCUT2D eigenvalue weighted by molar-refractivity contribution is 0.0845. The van der Waals surface area contributed by atoms with Crippen LogP contribution in [0.5, 0.6) is 5.75 Å². The highest BCUT2D eigenvalue weighted by Gasteiger charge is 2.25. The van der Waals surface area contributed by atoms with Gasteiger partial charge in [0, 0.05) is 28.7 Å². The quantitative estimate of drug-likeness (QED) is 0.527. The van der Waals surface area contributed by atoms with Crippen LogP contribution in [0, 0.1) is 11.7 Å². The van der Waals surface area contributed by atoms with Crippen LogP contribution >= 0.6 is 11.8 Å². The molecule has 0 spiro atoms. The Morgan fingerprint density at radius 3 is 2.50 bits per heavy atom. The highest BCUT2D eigenvalue weighted by Crippen LogP contribution is 2.25. The molecular weight excluding hydrogens is 349 g/mol. The predicted molar refractivity (Wildman–Crippen MR) is 104 cm³/mol. The van der Waals surface area contributed by atoms with Crippen LogP contribution in [0.3, 0.4) is 0 Å². The molecule has 138 valence electrons. The van der Waals surface area contributed by atoms with Gasteiger partial charge >= 0.3 is 0 Å². The zero-order valence-corrected chi connectivity index (χ0v) is 15.8. The Morgan fingerprint density at radius 2 is 1.85 bits per heavy atom. The molecular formula is C21H24FNO2S. The summed E-state index contributed by atoms with van der Waals surface area (Å²) in [6.07, 6.45) is 1.77. The van der Waals surface area contributed by atoms with Gasteiger partial charge in [0.05, 0.1) is 7.11 Å². The van der Waals surface area contributed by atoms with Crippen molar-refractivity contribution in [2.24, 2.45) is 5.92 Å². The lowest BCUT2D eigenvalue weighted by atomic mass is 9.89. The van der Waals surface area contributed by atoms with Gasteiger partial charge in [-0.05, 0) is 62.3 Å². The molecule has 5 heteroatoms. The van der Waals surface area contributed by atoms with Crippen molar-refractivity contribution in [1.29, 1.82) is 0 Å². The smallest absolute Gasteiger partial charge is 0.166 e. The summed E-state index contributed by atoms with van der Waals surface area (Å²) in [6, 6.07) is 14.3. The molecule has 1 saturated heterocycles. The van der Waals surface area contributed by atoms with Gasteiger partial charge in [-0.2, -0.15) is 0 Å². The standard InChI is InChI=1S/C21H24FNO2S/c1-25-18-8-6-16(7-9-18)21(24)17-10-12-23(13-11-17)14-15-26-20-5-3-2-4-19(20)22/h2-9,17H,10-15H2,1H3. The van der Waals surface area contributed by atoms with Gasteiger partial charge in [-0.1, -0.05) is 12.1 Å². The number of likely N-dealkylation sites (tertiary alicyclic amines) is 1. The van der Waals surface area contributed by atoms with E-state index in [1.807, 2.05) is 36.4 Å². The fourth-order valence-electron chi connectivity index (χ4n) is 3.26. The number of rotatable bonds is 7. The summed E-state index contributed by atoms with van der Waals surface area (Å²) in [5.74, 6) is 1.80. The zero-order valence-electron chi connectivity index (χ0n) is 15.0. The number of ether oxygens (including phenoxy) is 1. The Labute approximate surface area is 158 Å². The predicted octanol–water partition coefficient (Wildman–Crippen LogP) is 4.52. The van der Waals surface area contributed by atoms with E-state index in [1.54, 1.807) is 24.9 Å². The van der Waals surface area contributed by atoms with Crippen molar-refractivity contribution < 1.29 is 13.9 Å². The van der Waals surface area contributed by atoms with Crippen LogP contribution in [0.2, 0.25) is 0 Å². The van der Waals surface area contributed by atoms with Crippen molar-refractivity contribution in [2.75, 3.05) is 32.5 Å². The van der Waals surface area contributed by atoms with E-state index < -0.39 is 0 Å². The molecule has 0 radical (unpaired) electrons. The van der Waals surface area contributed by atoms with E-state index in [0.717, 1.165) is 49.5 Å². The molecule has 2 aromatic carbocycles. The van der Waals surface area contributed by atoms with Crippen LogP contribution in [-0.4, -0.2) is 43.2 Å². The van der Waals surface area contributed by atoms with Gasteiger partial charge in [0.2, 0.25) is 0 Å². The lowest BCUT2D eigenvalue weighted by Gasteiger charge is -2.31. The number of ketones is 1. The maximum Gasteiger partial charge on any atom is 0.166 e. The molecule has 1 fully saturated rings. The van der Waals surface area contributed by atoms with E-state index in [9.17, 15) is 9.18 Å². The number of nitrogens with zero attached hydrogens (tertiary/aromatic N) is 1. The Bertz CT molecular complexity index is 727. The van der Waals surface area contributed by atoms with Crippen molar-refractivity contribution in [3.8, 4) is 5.75 Å². The highest BCUT2D eigenvalue weighted by molar-refractivity contribution is 7.99. The molecule has 1 heterocycles. The second-order valence-electron chi connectivity index (χ2n) is 6.49. The molecule has 0 amide bonds. The number of carbonyl (C=O) groups excluding carboxylic acids is 1. The van der Waals surface area contributed by atoms with Crippen LogP contribution in [0.1, 0.15) is 23.2 Å². The summed E-state index contributed by atoms with van der Waals surface area (Å²) < 4.78 is 18.8. The minimum atomic E-state index is -0.152. The van der Waals surface area contributed by atoms with Crippen LogP contribution < -0.4 is 4.74 Å². The molecule has 1 aliphatic heterocycles. The lowest BCUT2D eigenvalue weighted by Crippen LogP contribution is -2.37. The maximum atomic E-state index is 13.6. The molecule has 26 heavy (non-hydrogen) atoms. The van der Waals surface area contributed by atoms with Gasteiger partial charge in [-0.25, -0.2) is 4.39 Å². The largest absolute Gasteiger partial charge is 0.497 e. The van der Waals surface area contributed by atoms with Crippen molar-refractivity contribution in [2.45, 2.75) is 17.7 Å². The number of methoxy groups -OCH3 is 1. The summed E-state index contributed by atoms with van der Waals surface area (Å²) in [6.45, 7) is 2.76. The summed E-state index contributed by atoms with van der Waals surface area (Å²) >= 11 is 1.55. The Morgan fingerprint density at radius 1 is 1.15 bits per heavy atom. The van der Waals surface area contributed by atoms with Crippen molar-refractivity contribution >= 4 is 17.5 Å². The van der Waals surface area contributed by atoms with Crippen LogP contribution in [0.15, 0.2) is 53.4 Å². The van der Waals surface area contributed by atoms with Gasteiger partial charge in [0.1, 0.15) is 11.6 Å². The molecule has 0 aromatic heterocycles. The van der Waals surface area contributed by atoms with Gasteiger partial charge < -0.3 is 9.64 Å². The second-order valence-corrected chi connectivity index (χ2v) is 7.62. The first-order chi connectivity index (χ1) is 12.7. The fourth-order valence-corrected chi connectivity index (χ4v) is 4.21. The van der Waals surface area contributed by atoms with Crippen molar-refractivity contribution in [1.82, 2.24) is 4.90 Å². The van der Waals surface area contributed by atoms with Crippen LogP contribution in [0.25, 0.3) is 0 Å². The topological polar surface area (TPSA) is 29.5 Å². The maximum absolute atomic E-state index is 13.6. The summed E-state index contributed by atoms with van der Waals surface area (Å²) in [5, 5.41) is 0. The number of piperidine rings is 1. The molecule has 3 rings (SSSR count). The number of halogens is 1. The number of carbonyl (C=O) groups is 1. The molecule has 3 nitrogen and oxygen atoms in total. The summed E-state index contributed by atoms with van der Waals surface area (Å²) in [7, 11) is 1.62. The van der Waals surface area contributed by atoms with E-state index in [-0.39, 0.29) is 17.5 Å². The van der Waals surface area contributed by atoms with Gasteiger partial charge in [-0.15, -0.1) is 11.8 Å². The van der Waals surface area contributed by atoms with E-state index in [0.29, 0.717) is 4.90 Å². The Hall–Kier alpha value is -1.85. The normalized spacial score (nSPS) is 15.8.